The lowest BCUT2D eigenvalue weighted by atomic mass is 10.0. The molecule has 2 aliphatic heterocycles. The topological polar surface area (TPSA) is 47.6 Å². The van der Waals surface area contributed by atoms with Gasteiger partial charge in [0.2, 0.25) is 0 Å². The molecule has 0 aliphatic carbocycles. The number of carbonyl (C=O) groups is 1. The van der Waals surface area contributed by atoms with Crippen molar-refractivity contribution in [3.05, 3.63) is 65.7 Å². The van der Waals surface area contributed by atoms with E-state index in [4.69, 9.17) is 0 Å². The highest BCUT2D eigenvalue weighted by molar-refractivity contribution is 5.74. The molecule has 154 valence electrons. The minimum absolute atomic E-state index is 0.0363. The maximum atomic E-state index is 12.4. The first-order valence-electron chi connectivity index (χ1n) is 10.8. The quantitative estimate of drug-likeness (QED) is 0.792. The van der Waals surface area contributed by atoms with Crippen LogP contribution in [0.2, 0.25) is 0 Å². The number of amides is 2. The number of piperidine rings is 1. The van der Waals surface area contributed by atoms with Gasteiger partial charge in [-0.1, -0.05) is 48.5 Å². The number of para-hydroxylation sites is 1. The first kappa shape index (κ1) is 19.8. The van der Waals surface area contributed by atoms with Crippen molar-refractivity contribution in [2.45, 2.75) is 44.8 Å². The number of urea groups is 1. The van der Waals surface area contributed by atoms with Crippen molar-refractivity contribution in [3.63, 3.8) is 0 Å². The van der Waals surface area contributed by atoms with Gasteiger partial charge in [0.05, 0.1) is 0 Å². The van der Waals surface area contributed by atoms with Crippen molar-refractivity contribution in [3.8, 4) is 0 Å². The first-order chi connectivity index (χ1) is 14.2. The highest BCUT2D eigenvalue weighted by atomic mass is 16.2. The average molecular weight is 393 g/mol. The van der Waals surface area contributed by atoms with Gasteiger partial charge in [-0.25, -0.2) is 4.79 Å². The molecular weight excluding hydrogens is 360 g/mol. The number of benzene rings is 2. The summed E-state index contributed by atoms with van der Waals surface area (Å²) in [5.41, 5.74) is 4.08. The Morgan fingerprint density at radius 3 is 2.55 bits per heavy atom. The Morgan fingerprint density at radius 2 is 1.76 bits per heavy atom. The third kappa shape index (κ3) is 5.10. The molecule has 0 radical (unpaired) electrons. The molecule has 2 heterocycles. The van der Waals surface area contributed by atoms with Gasteiger partial charge < -0.3 is 15.5 Å². The van der Waals surface area contributed by atoms with Gasteiger partial charge in [-0.15, -0.1) is 0 Å². The number of hydrogen-bond acceptors (Lipinski definition) is 3. The van der Waals surface area contributed by atoms with Crippen LogP contribution < -0.4 is 15.5 Å². The second-order valence-electron chi connectivity index (χ2n) is 8.31. The number of hydrogen-bond donors (Lipinski definition) is 2. The molecular formula is C24H32N4O. The van der Waals surface area contributed by atoms with E-state index in [1.54, 1.807) is 0 Å². The van der Waals surface area contributed by atoms with E-state index in [0.717, 1.165) is 45.4 Å². The largest absolute Gasteiger partial charge is 0.366 e. The molecule has 2 aromatic carbocycles. The summed E-state index contributed by atoms with van der Waals surface area (Å²) in [5.74, 6) is 0. The van der Waals surface area contributed by atoms with E-state index in [2.05, 4.69) is 82.0 Å². The Hall–Kier alpha value is -2.53. The molecule has 2 amide bonds. The molecule has 1 saturated heterocycles. The lowest BCUT2D eigenvalue weighted by Gasteiger charge is -2.32. The number of rotatable bonds is 6. The molecule has 0 bridgehead atoms. The van der Waals surface area contributed by atoms with Crippen LogP contribution in [0.25, 0.3) is 0 Å². The zero-order chi connectivity index (χ0) is 20.1. The lowest BCUT2D eigenvalue weighted by molar-refractivity contribution is 0.186. The van der Waals surface area contributed by atoms with Crippen molar-refractivity contribution >= 4 is 11.7 Å². The molecule has 4 rings (SSSR count). The van der Waals surface area contributed by atoms with Gasteiger partial charge in [0.25, 0.3) is 0 Å². The second-order valence-corrected chi connectivity index (χ2v) is 8.31. The highest BCUT2D eigenvalue weighted by Crippen LogP contribution is 2.28. The van der Waals surface area contributed by atoms with Crippen LogP contribution in [0.1, 0.15) is 30.9 Å². The molecule has 0 unspecified atom stereocenters. The zero-order valence-corrected chi connectivity index (χ0v) is 17.3. The van der Waals surface area contributed by atoms with E-state index in [1.165, 1.54) is 16.8 Å². The maximum Gasteiger partial charge on any atom is 0.315 e. The Morgan fingerprint density at radius 1 is 1.03 bits per heavy atom. The summed E-state index contributed by atoms with van der Waals surface area (Å²) in [7, 11) is 0. The fraction of sp³-hybridized carbons (Fsp3) is 0.458. The SMILES string of the molecule is C[C@@H](CNC(=O)NC1CCN(Cc2ccccc2)CC1)N1CCc2ccccc21. The summed E-state index contributed by atoms with van der Waals surface area (Å²) >= 11 is 0. The van der Waals surface area contributed by atoms with Crippen LogP contribution >= 0.6 is 0 Å². The molecule has 29 heavy (non-hydrogen) atoms. The Labute approximate surface area is 174 Å². The molecule has 1 atom stereocenters. The van der Waals surface area contributed by atoms with E-state index in [9.17, 15) is 4.79 Å². The number of nitrogens with one attached hydrogen (secondary N) is 2. The minimum atomic E-state index is -0.0363. The molecule has 2 aliphatic rings. The lowest BCUT2D eigenvalue weighted by Crippen LogP contribution is -2.50. The molecule has 0 spiro atoms. The van der Waals surface area contributed by atoms with Crippen LogP contribution in [-0.4, -0.2) is 49.2 Å². The molecule has 1 fully saturated rings. The summed E-state index contributed by atoms with van der Waals surface area (Å²) in [4.78, 5) is 17.3. The molecule has 5 heteroatoms. The summed E-state index contributed by atoms with van der Waals surface area (Å²) in [6.45, 7) is 6.93. The maximum absolute atomic E-state index is 12.4. The van der Waals surface area contributed by atoms with E-state index >= 15 is 0 Å². The molecule has 2 aromatic rings. The Kier molecular flexibility index (Phi) is 6.35. The van der Waals surface area contributed by atoms with Crippen molar-refractivity contribution in [2.75, 3.05) is 31.1 Å². The van der Waals surface area contributed by atoms with Gasteiger partial charge in [-0.3, -0.25) is 4.90 Å². The van der Waals surface area contributed by atoms with Crippen LogP contribution in [0.4, 0.5) is 10.5 Å². The fourth-order valence-electron chi connectivity index (χ4n) is 4.49. The fourth-order valence-corrected chi connectivity index (χ4v) is 4.49. The third-order valence-corrected chi connectivity index (χ3v) is 6.18. The number of nitrogens with zero attached hydrogens (tertiary/aromatic N) is 2. The van der Waals surface area contributed by atoms with E-state index in [1.807, 2.05) is 0 Å². The molecule has 0 aromatic heterocycles. The van der Waals surface area contributed by atoms with Crippen LogP contribution in [0, 0.1) is 0 Å². The Balaban J connectivity index is 1.17. The molecule has 5 nitrogen and oxygen atoms in total. The predicted molar refractivity (Wildman–Crippen MR) is 118 cm³/mol. The van der Waals surface area contributed by atoms with Crippen LogP contribution in [0.15, 0.2) is 54.6 Å². The summed E-state index contributed by atoms with van der Waals surface area (Å²) in [5, 5.41) is 6.26. The number of fused-ring (bicyclic) bond motifs is 1. The first-order valence-corrected chi connectivity index (χ1v) is 10.8. The van der Waals surface area contributed by atoms with E-state index in [-0.39, 0.29) is 18.1 Å². The Bertz CT molecular complexity index is 802. The van der Waals surface area contributed by atoms with E-state index in [0.29, 0.717) is 6.54 Å². The predicted octanol–water partition coefficient (Wildman–Crippen LogP) is 3.40. The number of anilines is 1. The average Bonchev–Trinajstić information content (AvgIpc) is 3.18. The van der Waals surface area contributed by atoms with Gasteiger partial charge >= 0.3 is 6.03 Å². The van der Waals surface area contributed by atoms with Crippen molar-refractivity contribution in [1.29, 1.82) is 0 Å². The number of likely N-dealkylation sites (tertiary alicyclic amines) is 1. The van der Waals surface area contributed by atoms with E-state index < -0.39 is 0 Å². The minimum Gasteiger partial charge on any atom is -0.366 e. The molecule has 2 N–H and O–H groups in total. The van der Waals surface area contributed by atoms with Gasteiger partial charge in [-0.2, -0.15) is 0 Å². The number of carbonyl (C=O) groups excluding carboxylic acids is 1. The summed E-state index contributed by atoms with van der Waals surface area (Å²) in [6.07, 6.45) is 3.11. The van der Waals surface area contributed by atoms with Gasteiger partial charge in [-0.05, 0) is 43.4 Å². The highest BCUT2D eigenvalue weighted by Gasteiger charge is 2.24. The van der Waals surface area contributed by atoms with Crippen LogP contribution in [0.3, 0.4) is 0 Å². The van der Waals surface area contributed by atoms with Crippen LogP contribution in [-0.2, 0) is 13.0 Å². The monoisotopic (exact) mass is 392 g/mol. The van der Waals surface area contributed by atoms with Crippen LogP contribution in [0.5, 0.6) is 0 Å². The molecule has 0 saturated carbocycles. The second kappa shape index (κ2) is 9.31. The third-order valence-electron chi connectivity index (χ3n) is 6.18. The zero-order valence-electron chi connectivity index (χ0n) is 17.3. The smallest absolute Gasteiger partial charge is 0.315 e. The van der Waals surface area contributed by atoms with Gasteiger partial charge in [0.1, 0.15) is 0 Å². The van der Waals surface area contributed by atoms with Crippen molar-refractivity contribution < 1.29 is 4.79 Å². The van der Waals surface area contributed by atoms with Crippen molar-refractivity contribution in [1.82, 2.24) is 15.5 Å². The summed E-state index contributed by atoms with van der Waals surface area (Å²) < 4.78 is 0. The van der Waals surface area contributed by atoms with Gasteiger partial charge in [0, 0.05) is 50.5 Å². The van der Waals surface area contributed by atoms with Crippen molar-refractivity contribution in [2.24, 2.45) is 0 Å². The summed E-state index contributed by atoms with van der Waals surface area (Å²) in [6, 6.07) is 19.7. The van der Waals surface area contributed by atoms with Gasteiger partial charge in [0.15, 0.2) is 0 Å². The normalized spacial score (nSPS) is 18.3. The standard InChI is InChI=1S/C24H32N4O/c1-19(28-16-11-21-9-5-6-10-23(21)28)17-25-24(29)26-22-12-14-27(15-13-22)18-20-7-3-2-4-8-20/h2-10,19,22H,11-18H2,1H3,(H2,25,26,29)/t19-/m0/s1.